The van der Waals surface area contributed by atoms with Gasteiger partial charge in [0.15, 0.2) is 0 Å². The van der Waals surface area contributed by atoms with Crippen LogP contribution in [-0.4, -0.2) is 68.0 Å². The van der Waals surface area contributed by atoms with E-state index in [1.807, 2.05) is 44.2 Å². The summed E-state index contributed by atoms with van der Waals surface area (Å²) in [5, 5.41) is 12.9. The molecule has 140 valence electrons. The summed E-state index contributed by atoms with van der Waals surface area (Å²) in [6.45, 7) is 6.41. The van der Waals surface area contributed by atoms with E-state index in [2.05, 4.69) is 19.4 Å². The lowest BCUT2D eigenvalue weighted by molar-refractivity contribution is -0.893. The van der Waals surface area contributed by atoms with Gasteiger partial charge >= 0.3 is 0 Å². The second-order valence-corrected chi connectivity index (χ2v) is 7.27. The van der Waals surface area contributed by atoms with Crippen molar-refractivity contribution >= 4 is 12.0 Å². The van der Waals surface area contributed by atoms with Crippen LogP contribution in [0.3, 0.4) is 0 Å². The summed E-state index contributed by atoms with van der Waals surface area (Å²) in [7, 11) is 4.16. The molecule has 1 atom stereocenters. The van der Waals surface area contributed by atoms with Gasteiger partial charge in [0.2, 0.25) is 5.91 Å². The molecule has 1 rings (SSSR count). The van der Waals surface area contributed by atoms with E-state index >= 15 is 0 Å². The summed E-state index contributed by atoms with van der Waals surface area (Å²) in [5.41, 5.74) is 1.01. The fraction of sp³-hybridized carbons (Fsp3) is 0.550. The van der Waals surface area contributed by atoms with E-state index in [0.717, 1.165) is 18.5 Å². The zero-order chi connectivity index (χ0) is 18.7. The van der Waals surface area contributed by atoms with Gasteiger partial charge in [0.1, 0.15) is 12.6 Å². The standard InChI is InChI=1S/C20H32N2O3/c1-17(2)25-16-19(23)15-22(3,4)14-8-13-21-20(24)12-11-18-9-6-5-7-10-18/h5-7,9-12,17,19,23H,8,13-16H2,1-4H3/p+1. The van der Waals surface area contributed by atoms with Crippen molar-refractivity contribution < 1.29 is 19.1 Å². The number of likely N-dealkylation sites (N-methyl/N-ethyl adjacent to an activating group) is 1. The maximum absolute atomic E-state index is 11.8. The Morgan fingerprint density at radius 2 is 1.96 bits per heavy atom. The van der Waals surface area contributed by atoms with Crippen LogP contribution in [0, 0.1) is 0 Å². The van der Waals surface area contributed by atoms with Crippen LogP contribution in [0.2, 0.25) is 0 Å². The number of ether oxygens (including phenoxy) is 1. The van der Waals surface area contributed by atoms with E-state index in [4.69, 9.17) is 4.74 Å². The number of nitrogens with zero attached hydrogens (tertiary/aromatic N) is 1. The Balaban J connectivity index is 2.22. The largest absolute Gasteiger partial charge is 0.385 e. The number of quaternary nitrogens is 1. The smallest absolute Gasteiger partial charge is 0.244 e. The van der Waals surface area contributed by atoms with E-state index in [9.17, 15) is 9.90 Å². The third-order valence-corrected chi connectivity index (χ3v) is 3.79. The molecule has 0 bridgehead atoms. The highest BCUT2D eigenvalue weighted by atomic mass is 16.5. The first kappa shape index (κ1) is 21.4. The van der Waals surface area contributed by atoms with Gasteiger partial charge in [-0.2, -0.15) is 0 Å². The maximum Gasteiger partial charge on any atom is 0.244 e. The second-order valence-electron chi connectivity index (χ2n) is 7.27. The summed E-state index contributed by atoms with van der Waals surface area (Å²) >= 11 is 0. The van der Waals surface area contributed by atoms with Crippen LogP contribution in [0.4, 0.5) is 0 Å². The Bertz CT molecular complexity index is 527. The first-order valence-corrected chi connectivity index (χ1v) is 8.91. The summed E-state index contributed by atoms with van der Waals surface area (Å²) in [6.07, 6.45) is 3.88. The third kappa shape index (κ3) is 10.7. The first-order valence-electron chi connectivity index (χ1n) is 8.91. The molecule has 5 nitrogen and oxygen atoms in total. The molecule has 2 N–H and O–H groups in total. The zero-order valence-corrected chi connectivity index (χ0v) is 15.9. The van der Waals surface area contributed by atoms with Gasteiger partial charge in [0, 0.05) is 19.0 Å². The summed E-state index contributed by atoms with van der Waals surface area (Å²) in [4.78, 5) is 11.8. The monoisotopic (exact) mass is 349 g/mol. The highest BCUT2D eigenvalue weighted by molar-refractivity contribution is 5.91. The quantitative estimate of drug-likeness (QED) is 0.365. The van der Waals surface area contributed by atoms with Crippen LogP contribution >= 0.6 is 0 Å². The van der Waals surface area contributed by atoms with Gasteiger partial charge in [0.25, 0.3) is 0 Å². The Kier molecular flexibility index (Phi) is 9.42. The molecule has 0 aliphatic heterocycles. The van der Waals surface area contributed by atoms with Gasteiger partial charge in [-0.1, -0.05) is 30.3 Å². The van der Waals surface area contributed by atoms with Crippen LogP contribution < -0.4 is 5.32 Å². The molecule has 1 aromatic carbocycles. The molecule has 5 heteroatoms. The SMILES string of the molecule is CC(C)OCC(O)C[N+](C)(C)CCCNC(=O)C=Cc1ccccc1. The highest BCUT2D eigenvalue weighted by Crippen LogP contribution is 2.04. The highest BCUT2D eigenvalue weighted by Gasteiger charge is 2.20. The molecule has 0 saturated heterocycles. The van der Waals surface area contributed by atoms with E-state index in [-0.39, 0.29) is 12.0 Å². The van der Waals surface area contributed by atoms with Crippen LogP contribution in [0.5, 0.6) is 0 Å². The lowest BCUT2D eigenvalue weighted by atomic mass is 10.2. The normalized spacial score (nSPS) is 13.4. The maximum atomic E-state index is 11.8. The first-order chi connectivity index (χ1) is 11.8. The average molecular weight is 349 g/mol. The predicted molar refractivity (Wildman–Crippen MR) is 102 cm³/mol. The minimum absolute atomic E-state index is 0.0838. The molecule has 25 heavy (non-hydrogen) atoms. The molecule has 0 spiro atoms. The van der Waals surface area contributed by atoms with Crippen LogP contribution in [0.15, 0.2) is 36.4 Å². The van der Waals surface area contributed by atoms with Crippen molar-refractivity contribution in [1.29, 1.82) is 0 Å². The number of hydrogen-bond acceptors (Lipinski definition) is 3. The fourth-order valence-corrected chi connectivity index (χ4v) is 2.53. The number of aliphatic hydroxyl groups is 1. The molecule has 0 saturated carbocycles. The van der Waals surface area contributed by atoms with Crippen molar-refractivity contribution in [2.45, 2.75) is 32.5 Å². The number of aliphatic hydroxyl groups excluding tert-OH is 1. The summed E-state index contributed by atoms with van der Waals surface area (Å²) in [6, 6.07) is 9.75. The van der Waals surface area contributed by atoms with Crippen LogP contribution in [-0.2, 0) is 9.53 Å². The minimum Gasteiger partial charge on any atom is -0.385 e. The number of carbonyl (C=O) groups excluding carboxylic acids is 1. The zero-order valence-electron chi connectivity index (χ0n) is 15.9. The molecule has 1 aromatic rings. The lowest BCUT2D eigenvalue weighted by Crippen LogP contribution is -2.48. The number of amides is 1. The van der Waals surface area contributed by atoms with E-state index in [0.29, 0.717) is 24.2 Å². The number of rotatable bonds is 11. The Morgan fingerprint density at radius 3 is 2.60 bits per heavy atom. The van der Waals surface area contributed by atoms with Crippen molar-refractivity contribution in [2.24, 2.45) is 0 Å². The van der Waals surface area contributed by atoms with Crippen molar-refractivity contribution in [3.63, 3.8) is 0 Å². The molecular weight excluding hydrogens is 316 g/mol. The number of hydrogen-bond donors (Lipinski definition) is 2. The van der Waals surface area contributed by atoms with Gasteiger partial charge < -0.3 is 19.6 Å². The molecule has 0 radical (unpaired) electrons. The van der Waals surface area contributed by atoms with Gasteiger partial charge in [0.05, 0.1) is 33.4 Å². The van der Waals surface area contributed by atoms with Gasteiger partial charge in [-0.25, -0.2) is 0 Å². The molecular formula is C20H33N2O3+. The van der Waals surface area contributed by atoms with E-state index in [1.165, 1.54) is 0 Å². The summed E-state index contributed by atoms with van der Waals surface area (Å²) < 4.78 is 6.14. The Hall–Kier alpha value is -1.69. The van der Waals surface area contributed by atoms with Gasteiger partial charge in [-0.15, -0.1) is 0 Å². The molecule has 0 fully saturated rings. The topological polar surface area (TPSA) is 58.6 Å². The van der Waals surface area contributed by atoms with Crippen molar-refractivity contribution in [3.05, 3.63) is 42.0 Å². The number of carbonyl (C=O) groups is 1. The Morgan fingerprint density at radius 1 is 1.28 bits per heavy atom. The second kappa shape index (κ2) is 11.0. The number of nitrogens with one attached hydrogen (secondary N) is 1. The molecule has 0 heterocycles. The van der Waals surface area contributed by atoms with Crippen molar-refractivity contribution in [3.8, 4) is 0 Å². The molecule has 0 aliphatic rings. The predicted octanol–water partition coefficient (Wildman–Crippen LogP) is 2.07. The van der Waals surface area contributed by atoms with Crippen LogP contribution in [0.25, 0.3) is 6.08 Å². The van der Waals surface area contributed by atoms with Crippen molar-refractivity contribution in [1.82, 2.24) is 5.32 Å². The summed E-state index contributed by atoms with van der Waals surface area (Å²) in [5.74, 6) is -0.0838. The van der Waals surface area contributed by atoms with Crippen molar-refractivity contribution in [2.75, 3.05) is 40.3 Å². The third-order valence-electron chi connectivity index (χ3n) is 3.79. The average Bonchev–Trinajstić information content (AvgIpc) is 2.55. The fourth-order valence-electron chi connectivity index (χ4n) is 2.53. The van der Waals surface area contributed by atoms with E-state index in [1.54, 1.807) is 12.2 Å². The van der Waals surface area contributed by atoms with Gasteiger partial charge in [-0.05, 0) is 25.5 Å². The van der Waals surface area contributed by atoms with E-state index < -0.39 is 6.10 Å². The Labute approximate surface area is 151 Å². The molecule has 1 amide bonds. The number of benzene rings is 1. The molecule has 1 unspecified atom stereocenters. The van der Waals surface area contributed by atoms with Crippen LogP contribution in [0.1, 0.15) is 25.8 Å². The molecule has 0 aromatic heterocycles. The van der Waals surface area contributed by atoms with Gasteiger partial charge in [-0.3, -0.25) is 4.79 Å². The molecule has 0 aliphatic carbocycles. The lowest BCUT2D eigenvalue weighted by Gasteiger charge is -2.32. The minimum atomic E-state index is -0.471.